The molecule has 1 aliphatic rings. The summed E-state index contributed by atoms with van der Waals surface area (Å²) in [5.74, 6) is -1.27. The molecule has 6 nitrogen and oxygen atoms in total. The molecular formula is C14H14F2N2O4. The number of benzene rings is 1. The zero-order valence-electron chi connectivity index (χ0n) is 11.5. The number of carboxylic acid groups (broad SMARTS) is 1. The standard InChI is InChI=1S/C14H14F2N2O4/c15-14(16)22-5-9-4-21-6-12(9)18-7-17-10-2-1-8(13(19)20)3-11(10)18/h1-3,7,9,12,14H,4-6H2,(H,19,20)/t9-,12-/m1/s1. The van der Waals surface area contributed by atoms with Crippen LogP contribution in [0.5, 0.6) is 0 Å². The molecule has 1 saturated heterocycles. The quantitative estimate of drug-likeness (QED) is 0.916. The first-order valence-electron chi connectivity index (χ1n) is 6.73. The Morgan fingerprint density at radius 3 is 3.05 bits per heavy atom. The van der Waals surface area contributed by atoms with Crippen LogP contribution < -0.4 is 0 Å². The van der Waals surface area contributed by atoms with Gasteiger partial charge in [-0.15, -0.1) is 0 Å². The molecule has 2 atom stereocenters. The number of fused-ring (bicyclic) bond motifs is 1. The summed E-state index contributed by atoms with van der Waals surface area (Å²) in [7, 11) is 0. The summed E-state index contributed by atoms with van der Waals surface area (Å²) in [6.45, 7) is -2.28. The van der Waals surface area contributed by atoms with Crippen molar-refractivity contribution in [1.29, 1.82) is 0 Å². The third-order valence-electron chi connectivity index (χ3n) is 3.78. The second kappa shape index (κ2) is 5.98. The first-order chi connectivity index (χ1) is 10.6. The normalized spacial score (nSPS) is 21.8. The Balaban J connectivity index is 1.91. The molecule has 0 amide bonds. The monoisotopic (exact) mass is 312 g/mol. The number of alkyl halides is 2. The molecule has 2 heterocycles. The van der Waals surface area contributed by atoms with Crippen LogP contribution in [0.3, 0.4) is 0 Å². The molecule has 1 aromatic heterocycles. The molecule has 0 saturated carbocycles. The average Bonchev–Trinajstić information content (AvgIpc) is 3.10. The number of ether oxygens (including phenoxy) is 2. The lowest BCUT2D eigenvalue weighted by Crippen LogP contribution is -2.22. The van der Waals surface area contributed by atoms with Crippen molar-refractivity contribution in [3.05, 3.63) is 30.1 Å². The number of imidazole rings is 1. The number of hydrogen-bond donors (Lipinski definition) is 1. The van der Waals surface area contributed by atoms with Crippen molar-refractivity contribution in [2.75, 3.05) is 19.8 Å². The Bertz CT molecular complexity index is 689. The highest BCUT2D eigenvalue weighted by Crippen LogP contribution is 2.30. The fourth-order valence-electron chi connectivity index (χ4n) is 2.67. The second-order valence-corrected chi connectivity index (χ2v) is 5.12. The van der Waals surface area contributed by atoms with Gasteiger partial charge in [-0.05, 0) is 18.2 Å². The molecule has 1 fully saturated rings. The third kappa shape index (κ3) is 2.79. The van der Waals surface area contributed by atoms with Crippen LogP contribution in [0.2, 0.25) is 0 Å². The van der Waals surface area contributed by atoms with Crippen molar-refractivity contribution in [1.82, 2.24) is 9.55 Å². The van der Waals surface area contributed by atoms with Gasteiger partial charge in [0.1, 0.15) is 0 Å². The van der Waals surface area contributed by atoms with E-state index in [0.717, 1.165) is 0 Å². The van der Waals surface area contributed by atoms with E-state index in [-0.39, 0.29) is 24.1 Å². The van der Waals surface area contributed by atoms with Crippen molar-refractivity contribution < 1.29 is 28.2 Å². The number of carbonyl (C=O) groups is 1. The predicted molar refractivity (Wildman–Crippen MR) is 72.0 cm³/mol. The number of hydrogen-bond acceptors (Lipinski definition) is 4. The van der Waals surface area contributed by atoms with Gasteiger partial charge in [0.05, 0.1) is 48.8 Å². The van der Waals surface area contributed by atoms with Crippen molar-refractivity contribution in [2.45, 2.75) is 12.7 Å². The Hall–Kier alpha value is -2.06. The summed E-state index contributed by atoms with van der Waals surface area (Å²) < 4.78 is 35.9. The first kappa shape index (κ1) is 14.9. The highest BCUT2D eigenvalue weighted by atomic mass is 19.3. The van der Waals surface area contributed by atoms with Gasteiger partial charge in [-0.25, -0.2) is 9.78 Å². The number of carboxylic acids is 1. The molecule has 1 N–H and O–H groups in total. The Kier molecular flexibility index (Phi) is 4.04. The highest BCUT2D eigenvalue weighted by Gasteiger charge is 2.31. The van der Waals surface area contributed by atoms with E-state index in [9.17, 15) is 13.6 Å². The van der Waals surface area contributed by atoms with E-state index in [0.29, 0.717) is 24.2 Å². The molecule has 0 unspecified atom stereocenters. The van der Waals surface area contributed by atoms with Crippen LogP contribution in [0, 0.1) is 5.92 Å². The van der Waals surface area contributed by atoms with Crippen molar-refractivity contribution in [3.8, 4) is 0 Å². The van der Waals surface area contributed by atoms with E-state index in [4.69, 9.17) is 9.84 Å². The van der Waals surface area contributed by atoms with E-state index in [1.54, 1.807) is 17.0 Å². The van der Waals surface area contributed by atoms with Crippen molar-refractivity contribution in [3.63, 3.8) is 0 Å². The third-order valence-corrected chi connectivity index (χ3v) is 3.78. The molecule has 0 spiro atoms. The van der Waals surface area contributed by atoms with Crippen LogP contribution in [0.15, 0.2) is 24.5 Å². The van der Waals surface area contributed by atoms with E-state index < -0.39 is 12.6 Å². The molecule has 0 aliphatic carbocycles. The molecule has 2 aromatic rings. The van der Waals surface area contributed by atoms with Gasteiger partial charge in [-0.1, -0.05) is 0 Å². The van der Waals surface area contributed by atoms with Gasteiger partial charge in [0, 0.05) is 5.92 Å². The van der Waals surface area contributed by atoms with Gasteiger partial charge in [0.15, 0.2) is 0 Å². The van der Waals surface area contributed by atoms with Gasteiger partial charge in [-0.3, -0.25) is 0 Å². The maximum Gasteiger partial charge on any atom is 0.345 e. The maximum absolute atomic E-state index is 12.2. The Morgan fingerprint density at radius 2 is 2.32 bits per heavy atom. The summed E-state index contributed by atoms with van der Waals surface area (Å²) in [5.41, 5.74) is 1.43. The van der Waals surface area contributed by atoms with Gasteiger partial charge >= 0.3 is 12.6 Å². The fourth-order valence-corrected chi connectivity index (χ4v) is 2.67. The molecule has 3 rings (SSSR count). The molecule has 1 aromatic carbocycles. The van der Waals surface area contributed by atoms with Gasteiger partial charge in [0.25, 0.3) is 0 Å². The minimum atomic E-state index is -2.82. The topological polar surface area (TPSA) is 73.6 Å². The van der Waals surface area contributed by atoms with Crippen LogP contribution in [0.1, 0.15) is 16.4 Å². The largest absolute Gasteiger partial charge is 0.478 e. The summed E-state index contributed by atoms with van der Waals surface area (Å²) in [5, 5.41) is 9.08. The van der Waals surface area contributed by atoms with Crippen LogP contribution in [-0.2, 0) is 9.47 Å². The maximum atomic E-state index is 12.2. The summed E-state index contributed by atoms with van der Waals surface area (Å²) in [4.78, 5) is 15.3. The van der Waals surface area contributed by atoms with Crippen molar-refractivity contribution >= 4 is 17.0 Å². The lowest BCUT2D eigenvalue weighted by molar-refractivity contribution is -0.139. The SMILES string of the molecule is O=C(O)c1ccc2ncn([C@@H]3COC[C@@H]3COC(F)F)c2c1. The van der Waals surface area contributed by atoms with Gasteiger partial charge in [-0.2, -0.15) is 8.78 Å². The van der Waals surface area contributed by atoms with Crippen LogP contribution in [0.4, 0.5) is 8.78 Å². The number of aromatic nitrogens is 2. The number of aromatic carboxylic acids is 1. The number of nitrogens with zero attached hydrogens (tertiary/aromatic N) is 2. The lowest BCUT2D eigenvalue weighted by Gasteiger charge is -2.19. The van der Waals surface area contributed by atoms with Crippen LogP contribution >= 0.6 is 0 Å². The Labute approximate surface area is 124 Å². The minimum absolute atomic E-state index is 0.124. The zero-order chi connectivity index (χ0) is 15.7. The highest BCUT2D eigenvalue weighted by molar-refractivity contribution is 5.92. The molecule has 22 heavy (non-hydrogen) atoms. The molecule has 0 radical (unpaired) electrons. The molecular weight excluding hydrogens is 298 g/mol. The zero-order valence-corrected chi connectivity index (χ0v) is 11.5. The molecule has 8 heteroatoms. The molecule has 118 valence electrons. The Morgan fingerprint density at radius 1 is 1.50 bits per heavy atom. The van der Waals surface area contributed by atoms with E-state index >= 15 is 0 Å². The van der Waals surface area contributed by atoms with Gasteiger partial charge < -0.3 is 19.1 Å². The first-order valence-corrected chi connectivity index (χ1v) is 6.73. The van der Waals surface area contributed by atoms with Crippen LogP contribution in [0.25, 0.3) is 11.0 Å². The van der Waals surface area contributed by atoms with Crippen LogP contribution in [-0.4, -0.2) is 47.1 Å². The summed E-state index contributed by atoms with van der Waals surface area (Å²) in [6, 6.07) is 4.40. The van der Waals surface area contributed by atoms with E-state index in [2.05, 4.69) is 9.72 Å². The number of rotatable bonds is 5. The van der Waals surface area contributed by atoms with E-state index in [1.165, 1.54) is 12.1 Å². The molecule has 0 bridgehead atoms. The number of halogens is 2. The second-order valence-electron chi connectivity index (χ2n) is 5.12. The fraction of sp³-hybridized carbons (Fsp3) is 0.429. The summed E-state index contributed by atoms with van der Waals surface area (Å²) >= 11 is 0. The van der Waals surface area contributed by atoms with Crippen molar-refractivity contribution in [2.24, 2.45) is 5.92 Å². The lowest BCUT2D eigenvalue weighted by atomic mass is 10.0. The van der Waals surface area contributed by atoms with E-state index in [1.807, 2.05) is 0 Å². The minimum Gasteiger partial charge on any atom is -0.478 e. The molecule has 1 aliphatic heterocycles. The summed E-state index contributed by atoms with van der Waals surface area (Å²) in [6.07, 6.45) is 1.57. The predicted octanol–water partition coefficient (Wildman–Crippen LogP) is 2.16. The smallest absolute Gasteiger partial charge is 0.345 e. The van der Waals surface area contributed by atoms with Gasteiger partial charge in [0.2, 0.25) is 0 Å². The average molecular weight is 312 g/mol.